The number of nitrogens with one attached hydrogen (secondary N) is 1. The number of hydrogen-bond acceptors (Lipinski definition) is 14. The highest BCUT2D eigenvalue weighted by Gasteiger charge is 2.56. The number of fused-ring (bicyclic) bond motifs is 4. The summed E-state index contributed by atoms with van der Waals surface area (Å²) >= 11 is 5.61. The lowest BCUT2D eigenvalue weighted by Crippen LogP contribution is -2.63. The molecule has 2 aromatic carbocycles. The minimum Gasteiger partial charge on any atom is -0.493 e. The maximum Gasteiger partial charge on any atom is 0.310 e. The lowest BCUT2D eigenvalue weighted by atomic mass is 9.66. The topological polar surface area (TPSA) is 162 Å². The van der Waals surface area contributed by atoms with E-state index in [2.05, 4.69) is 36.5 Å². The molecular formula is C48H65NO13S. The zero-order chi connectivity index (χ0) is 44.3. The highest BCUT2D eigenvalue weighted by molar-refractivity contribution is 7.80. The number of hydrogen-bond donors (Lipinski definition) is 3. The van der Waals surface area contributed by atoms with E-state index in [1.165, 1.54) is 65.6 Å². The second-order valence-electron chi connectivity index (χ2n) is 16.9. The summed E-state index contributed by atoms with van der Waals surface area (Å²) in [6.07, 6.45) is 16.4. The molecule has 63 heavy (non-hydrogen) atoms. The van der Waals surface area contributed by atoms with E-state index in [9.17, 15) is 15.0 Å². The van der Waals surface area contributed by atoms with Gasteiger partial charge in [-0.3, -0.25) is 4.79 Å². The number of cyclic esters (lactones) is 1. The van der Waals surface area contributed by atoms with Crippen LogP contribution in [-0.2, 0) is 28.5 Å². The molecule has 10 atom stereocenters. The average Bonchev–Trinajstić information content (AvgIpc) is 3.92. The number of methoxy groups -OCH3 is 2. The number of allylic oxidation sites excluding steroid dienone is 4. The van der Waals surface area contributed by atoms with Crippen molar-refractivity contribution >= 4 is 23.4 Å². The molecule has 346 valence electrons. The summed E-state index contributed by atoms with van der Waals surface area (Å²) in [6.45, 7) is 4.84. The van der Waals surface area contributed by atoms with Crippen LogP contribution in [-0.4, -0.2) is 99.1 Å². The summed E-state index contributed by atoms with van der Waals surface area (Å²) in [4.78, 5) is 13.8. The van der Waals surface area contributed by atoms with E-state index in [4.69, 9.17) is 59.6 Å². The zero-order valence-electron chi connectivity index (χ0n) is 37.0. The summed E-state index contributed by atoms with van der Waals surface area (Å²) in [5.41, 5.74) is 2.10. The summed E-state index contributed by atoms with van der Waals surface area (Å²) in [6, 6.07) is 7.33. The fraction of sp³-hybridized carbons (Fsp3) is 0.625. The molecule has 0 saturated carbocycles. The Morgan fingerprint density at radius 1 is 0.825 bits per heavy atom. The Balaban J connectivity index is 0.984. The minimum absolute atomic E-state index is 0.0268. The van der Waals surface area contributed by atoms with Gasteiger partial charge in [0.25, 0.3) is 5.17 Å². The number of benzene rings is 2. The highest BCUT2D eigenvalue weighted by atomic mass is 32.1. The van der Waals surface area contributed by atoms with Gasteiger partial charge in [-0.15, -0.1) is 0 Å². The maximum absolute atomic E-state index is 13.8. The SMILES string of the molecule is CCCCCC=CCC=CCCCCCCCCNC(=S)Oc1c(OC)cc([C@@H]2c3cc4c(cc3[C@@H](O[C@@H]3O[C@@H]5CO[C@@H](C)OC5[C@H](O)[C@H]3O)[C@H]3COC(=O)[C@H]23)OCO4)cc1OC. The van der Waals surface area contributed by atoms with E-state index in [1.807, 2.05) is 24.3 Å². The van der Waals surface area contributed by atoms with Crippen molar-refractivity contribution in [2.45, 2.75) is 140 Å². The molecule has 5 aliphatic rings. The summed E-state index contributed by atoms with van der Waals surface area (Å²) in [7, 11) is 3.07. The molecule has 15 heteroatoms. The van der Waals surface area contributed by atoms with Crippen LogP contribution in [0.3, 0.4) is 0 Å². The van der Waals surface area contributed by atoms with Crippen LogP contribution in [0.4, 0.5) is 0 Å². The number of ether oxygens (including phenoxy) is 10. The van der Waals surface area contributed by atoms with Crippen molar-refractivity contribution in [1.29, 1.82) is 0 Å². The van der Waals surface area contributed by atoms with Crippen molar-refractivity contribution in [3.8, 4) is 28.7 Å². The Labute approximate surface area is 376 Å². The van der Waals surface area contributed by atoms with Crippen molar-refractivity contribution in [3.63, 3.8) is 0 Å². The van der Waals surface area contributed by atoms with Crippen molar-refractivity contribution < 1.29 is 62.4 Å². The van der Waals surface area contributed by atoms with Crippen LogP contribution in [0.25, 0.3) is 0 Å². The Morgan fingerprint density at radius 2 is 1.49 bits per heavy atom. The van der Waals surface area contributed by atoms with Gasteiger partial charge in [0.05, 0.1) is 39.5 Å². The van der Waals surface area contributed by atoms with Crippen LogP contribution in [0, 0.1) is 11.8 Å². The highest BCUT2D eigenvalue weighted by Crippen LogP contribution is 2.57. The third kappa shape index (κ3) is 11.3. The van der Waals surface area contributed by atoms with Gasteiger partial charge in [0.2, 0.25) is 12.5 Å². The Bertz CT molecular complexity index is 1880. The molecule has 14 nitrogen and oxygen atoms in total. The molecule has 3 saturated heterocycles. The Morgan fingerprint density at radius 3 is 2.19 bits per heavy atom. The maximum atomic E-state index is 13.8. The van der Waals surface area contributed by atoms with Crippen molar-refractivity contribution in [1.82, 2.24) is 5.32 Å². The number of aliphatic hydroxyl groups excluding tert-OH is 2. The summed E-state index contributed by atoms with van der Waals surface area (Å²) < 4.78 is 59.4. The van der Waals surface area contributed by atoms with Gasteiger partial charge in [-0.25, -0.2) is 0 Å². The second-order valence-corrected chi connectivity index (χ2v) is 17.2. The van der Waals surface area contributed by atoms with Crippen LogP contribution in [0.1, 0.15) is 120 Å². The lowest BCUT2D eigenvalue weighted by Gasteiger charge is -2.47. The van der Waals surface area contributed by atoms with Gasteiger partial charge < -0.3 is 62.9 Å². The zero-order valence-corrected chi connectivity index (χ0v) is 37.8. The predicted molar refractivity (Wildman–Crippen MR) is 237 cm³/mol. The van der Waals surface area contributed by atoms with E-state index in [0.717, 1.165) is 31.2 Å². The number of carbonyl (C=O) groups is 1. The smallest absolute Gasteiger partial charge is 0.310 e. The van der Waals surface area contributed by atoms with Crippen LogP contribution < -0.4 is 29.0 Å². The summed E-state index contributed by atoms with van der Waals surface area (Å²) in [5.74, 6) is -0.206. The van der Waals surface area contributed by atoms with Gasteiger partial charge in [-0.1, -0.05) is 69.8 Å². The van der Waals surface area contributed by atoms with Gasteiger partial charge in [-0.05, 0) is 98.6 Å². The molecule has 0 spiro atoms. The standard InChI is InChI=1S/C48H65NO13S/c1-5-6-7-8-9-10-11-12-13-14-15-16-17-18-19-20-21-49-48(63)62-44-36(53-3)22-30(23-37(44)54-4)39-31-24-34-35(58-28-57-34)25-32(31)43(33-26-56-46(52)40(33)39)61-47-42(51)41(50)45-38(60-47)27-55-29(2)59-45/h9-10,12-13,22-25,29,33,38-43,45,47,50-51H,5-8,11,14-21,26-28H2,1-4H3,(H,49,63)/t29-,33+,38-,39-,40+,41-,42-,43-,45?,47+/m1/s1. The quantitative estimate of drug-likeness (QED) is 0.0484. The van der Waals surface area contributed by atoms with Gasteiger partial charge in [0, 0.05) is 18.4 Å². The molecule has 4 heterocycles. The lowest BCUT2D eigenvalue weighted by molar-refractivity contribution is -0.364. The first-order chi connectivity index (χ1) is 30.7. The number of aliphatic hydroxyl groups is 2. The third-order valence-electron chi connectivity index (χ3n) is 12.6. The van der Waals surface area contributed by atoms with E-state index in [1.54, 1.807) is 6.92 Å². The number of rotatable bonds is 21. The van der Waals surface area contributed by atoms with Crippen LogP contribution in [0.5, 0.6) is 28.7 Å². The summed E-state index contributed by atoms with van der Waals surface area (Å²) in [5, 5.41) is 25.8. The Hall–Kier alpha value is -3.96. The van der Waals surface area contributed by atoms with Crippen molar-refractivity contribution in [2.24, 2.45) is 11.8 Å². The van der Waals surface area contributed by atoms with Crippen LogP contribution >= 0.6 is 12.2 Å². The van der Waals surface area contributed by atoms with Gasteiger partial charge >= 0.3 is 5.97 Å². The van der Waals surface area contributed by atoms with Crippen LogP contribution in [0.15, 0.2) is 48.6 Å². The largest absolute Gasteiger partial charge is 0.493 e. The monoisotopic (exact) mass is 895 g/mol. The fourth-order valence-electron chi connectivity index (χ4n) is 9.25. The van der Waals surface area contributed by atoms with E-state index < -0.39 is 66.8 Å². The third-order valence-corrected chi connectivity index (χ3v) is 12.8. The fourth-order valence-corrected chi connectivity index (χ4v) is 9.44. The van der Waals surface area contributed by atoms with Crippen LogP contribution in [0.2, 0.25) is 0 Å². The van der Waals surface area contributed by atoms with Gasteiger partial charge in [-0.2, -0.15) is 0 Å². The molecular weight excluding hydrogens is 831 g/mol. The molecule has 4 aliphatic heterocycles. The molecule has 3 fully saturated rings. The van der Waals surface area contributed by atoms with E-state index in [-0.39, 0.29) is 25.2 Å². The first kappa shape index (κ1) is 47.0. The van der Waals surface area contributed by atoms with E-state index >= 15 is 0 Å². The van der Waals surface area contributed by atoms with Crippen molar-refractivity contribution in [3.05, 3.63) is 65.3 Å². The molecule has 3 N–H and O–H groups in total. The first-order valence-electron chi connectivity index (χ1n) is 22.8. The van der Waals surface area contributed by atoms with Gasteiger partial charge in [0.15, 0.2) is 35.6 Å². The molecule has 1 aliphatic carbocycles. The molecule has 0 bridgehead atoms. The first-order valence-corrected chi connectivity index (χ1v) is 23.2. The normalized spacial score (nSPS) is 28.4. The molecule has 0 aromatic heterocycles. The number of esters is 1. The molecule has 2 aromatic rings. The second kappa shape index (κ2) is 22.8. The molecule has 1 unspecified atom stereocenters. The number of thiocarbonyl (C=S) groups is 1. The number of unbranched alkanes of at least 4 members (excludes halogenated alkanes) is 9. The average molecular weight is 896 g/mol. The molecule has 7 rings (SSSR count). The van der Waals surface area contributed by atoms with E-state index in [0.29, 0.717) is 46.4 Å². The van der Waals surface area contributed by atoms with Gasteiger partial charge in [0.1, 0.15) is 24.4 Å². The number of carbonyl (C=O) groups excluding carboxylic acids is 1. The Kier molecular flexibility index (Phi) is 17.0. The minimum atomic E-state index is -1.45. The molecule has 0 amide bonds. The van der Waals surface area contributed by atoms with Crippen molar-refractivity contribution in [2.75, 3.05) is 40.8 Å². The predicted octanol–water partition coefficient (Wildman–Crippen LogP) is 7.70. The molecule has 0 radical (unpaired) electrons.